The Hall–Kier alpha value is -3.19. The molecule has 5 rings (SSSR count). The van der Waals surface area contributed by atoms with Crippen LogP contribution in [-0.4, -0.2) is 44.1 Å². The summed E-state index contributed by atoms with van der Waals surface area (Å²) in [5.41, 5.74) is 10.2. The molecule has 1 fully saturated rings. The summed E-state index contributed by atoms with van der Waals surface area (Å²) < 4.78 is 17.9. The number of fused-ring (bicyclic) bond motifs is 2. The highest BCUT2D eigenvalue weighted by Crippen LogP contribution is 2.31. The largest absolute Gasteiger partial charge is 0.338 e. The number of amides is 1. The highest BCUT2D eigenvalue weighted by Gasteiger charge is 2.23. The molecule has 2 N–H and O–H groups in total. The number of hydrogen-bond donors (Lipinski definition) is 1. The summed E-state index contributed by atoms with van der Waals surface area (Å²) in [6.07, 6.45) is 1.90. The summed E-state index contributed by atoms with van der Waals surface area (Å²) in [4.78, 5) is 19.7. The molecule has 1 saturated heterocycles. The Morgan fingerprint density at radius 3 is 2.81 bits per heavy atom. The van der Waals surface area contributed by atoms with E-state index < -0.39 is 0 Å². The number of nitrogens with two attached hydrogens (primary N) is 1. The van der Waals surface area contributed by atoms with Crippen LogP contribution >= 0.6 is 0 Å². The number of carbonyl (C=O) groups is 1. The zero-order valence-corrected chi connectivity index (χ0v) is 17.8. The summed E-state index contributed by atoms with van der Waals surface area (Å²) in [5, 5.41) is 0.975. The van der Waals surface area contributed by atoms with Crippen LogP contribution in [-0.2, 0) is 13.6 Å². The number of hydrogen-bond acceptors (Lipinski definition) is 3. The molecule has 0 bridgehead atoms. The molecule has 0 spiro atoms. The van der Waals surface area contributed by atoms with E-state index in [1.165, 1.54) is 6.07 Å². The van der Waals surface area contributed by atoms with Crippen LogP contribution in [0.2, 0.25) is 0 Å². The van der Waals surface area contributed by atoms with E-state index in [1.54, 1.807) is 12.1 Å². The Morgan fingerprint density at radius 2 is 2.03 bits per heavy atom. The smallest absolute Gasteiger partial charge is 0.253 e. The third kappa shape index (κ3) is 3.29. The van der Waals surface area contributed by atoms with E-state index in [0.29, 0.717) is 18.7 Å². The van der Waals surface area contributed by atoms with Crippen LogP contribution < -0.4 is 5.73 Å². The molecule has 4 aromatic rings. The average molecular weight is 420 g/mol. The monoisotopic (exact) mass is 419 g/mol. The third-order valence-corrected chi connectivity index (χ3v) is 6.28. The minimum Gasteiger partial charge on any atom is -0.338 e. The fraction of sp³-hybridized carbons (Fsp3) is 0.333. The zero-order valence-electron chi connectivity index (χ0n) is 17.8. The molecule has 1 atom stereocenters. The Bertz CT molecular complexity index is 1300. The number of rotatable bonds is 3. The van der Waals surface area contributed by atoms with E-state index in [9.17, 15) is 9.18 Å². The lowest BCUT2D eigenvalue weighted by atomic mass is 10.1. The Labute approximate surface area is 180 Å². The van der Waals surface area contributed by atoms with Crippen LogP contribution in [0, 0.1) is 5.82 Å². The van der Waals surface area contributed by atoms with Gasteiger partial charge in [-0.3, -0.25) is 4.79 Å². The second kappa shape index (κ2) is 7.50. The van der Waals surface area contributed by atoms with Crippen molar-refractivity contribution in [3.63, 3.8) is 0 Å². The lowest BCUT2D eigenvalue weighted by Crippen LogP contribution is -2.45. The van der Waals surface area contributed by atoms with Gasteiger partial charge in [0.25, 0.3) is 5.91 Å². The molecule has 6 nitrogen and oxygen atoms in total. The molecule has 2 aromatic heterocycles. The molecule has 2 aromatic carbocycles. The zero-order chi connectivity index (χ0) is 21.7. The van der Waals surface area contributed by atoms with Crippen LogP contribution in [0.4, 0.5) is 4.39 Å². The van der Waals surface area contributed by atoms with Gasteiger partial charge in [0.1, 0.15) is 5.82 Å². The first-order valence-corrected chi connectivity index (χ1v) is 10.8. The number of aromatic nitrogens is 3. The molecule has 1 aliphatic heterocycles. The van der Waals surface area contributed by atoms with Crippen molar-refractivity contribution in [3.8, 4) is 11.5 Å². The van der Waals surface area contributed by atoms with Gasteiger partial charge in [0.2, 0.25) is 0 Å². The van der Waals surface area contributed by atoms with Crippen molar-refractivity contribution in [1.29, 1.82) is 0 Å². The van der Waals surface area contributed by atoms with Crippen LogP contribution in [0.1, 0.15) is 30.1 Å². The number of nitrogens with zero attached hydrogens (tertiary/aromatic N) is 4. The minimum atomic E-state index is -0.252. The maximum Gasteiger partial charge on any atom is 0.253 e. The number of carbonyl (C=O) groups excluding carboxylic acids is 1. The Kier molecular flexibility index (Phi) is 4.78. The number of halogens is 1. The van der Waals surface area contributed by atoms with Gasteiger partial charge >= 0.3 is 0 Å². The second-order valence-electron chi connectivity index (χ2n) is 8.33. The molecule has 160 valence electrons. The van der Waals surface area contributed by atoms with E-state index in [0.717, 1.165) is 52.8 Å². The summed E-state index contributed by atoms with van der Waals surface area (Å²) in [5.74, 6) is 0.540. The van der Waals surface area contributed by atoms with Gasteiger partial charge in [0.05, 0.1) is 22.2 Å². The van der Waals surface area contributed by atoms with Gasteiger partial charge in [-0.05, 0) is 62.2 Å². The van der Waals surface area contributed by atoms with Crippen LogP contribution in [0.3, 0.4) is 0 Å². The van der Waals surface area contributed by atoms with Crippen molar-refractivity contribution < 1.29 is 9.18 Å². The maximum absolute atomic E-state index is 13.8. The van der Waals surface area contributed by atoms with E-state index >= 15 is 0 Å². The first kappa shape index (κ1) is 19.8. The van der Waals surface area contributed by atoms with Crippen LogP contribution in [0.25, 0.3) is 33.5 Å². The number of piperidine rings is 1. The number of likely N-dealkylation sites (tertiary alicyclic amines) is 1. The van der Waals surface area contributed by atoms with Crippen molar-refractivity contribution in [2.45, 2.75) is 32.4 Å². The van der Waals surface area contributed by atoms with Crippen molar-refractivity contribution in [3.05, 3.63) is 53.8 Å². The second-order valence-corrected chi connectivity index (χ2v) is 8.33. The molecule has 7 heteroatoms. The first-order valence-electron chi connectivity index (χ1n) is 10.8. The normalized spacial score (nSPS) is 17.0. The SMILES string of the molecule is CCn1c(-c2nc3cc(C(=O)N4CCC[C@@H](N)C4)ccc3n2C)cc2ccc(F)cc21. The Morgan fingerprint density at radius 1 is 1.19 bits per heavy atom. The standard InChI is InChI=1S/C24H26FN5O/c1-3-30-21-13-17(25)8-6-15(21)12-22(30)23-27-19-11-16(7-9-20(19)28(23)2)24(31)29-10-4-5-18(26)14-29/h6-9,11-13,18H,3-5,10,14,26H2,1-2H3/t18-/m1/s1. The molecule has 0 aliphatic carbocycles. The molecule has 31 heavy (non-hydrogen) atoms. The fourth-order valence-corrected chi connectivity index (χ4v) is 4.69. The summed E-state index contributed by atoms with van der Waals surface area (Å²) in [6.45, 7) is 4.07. The molecule has 3 heterocycles. The third-order valence-electron chi connectivity index (χ3n) is 6.28. The first-order chi connectivity index (χ1) is 15.0. The van der Waals surface area contributed by atoms with E-state index in [-0.39, 0.29) is 17.8 Å². The van der Waals surface area contributed by atoms with E-state index in [4.69, 9.17) is 10.7 Å². The highest BCUT2D eigenvalue weighted by atomic mass is 19.1. The van der Waals surface area contributed by atoms with Crippen molar-refractivity contribution in [1.82, 2.24) is 19.0 Å². The molecular formula is C24H26FN5O. The molecule has 0 saturated carbocycles. The lowest BCUT2D eigenvalue weighted by Gasteiger charge is -2.30. The van der Waals surface area contributed by atoms with Crippen LogP contribution in [0.5, 0.6) is 0 Å². The van der Waals surface area contributed by atoms with Crippen molar-refractivity contribution in [2.75, 3.05) is 13.1 Å². The van der Waals surface area contributed by atoms with Gasteiger partial charge < -0.3 is 19.8 Å². The predicted octanol–water partition coefficient (Wildman–Crippen LogP) is 3.92. The Balaban J connectivity index is 1.58. The quantitative estimate of drug-likeness (QED) is 0.547. The molecule has 1 amide bonds. The van der Waals surface area contributed by atoms with Gasteiger partial charge in [-0.15, -0.1) is 0 Å². The maximum atomic E-state index is 13.8. The molecular weight excluding hydrogens is 393 g/mol. The fourth-order valence-electron chi connectivity index (χ4n) is 4.69. The number of benzene rings is 2. The van der Waals surface area contributed by atoms with Gasteiger partial charge in [-0.1, -0.05) is 0 Å². The average Bonchev–Trinajstić information content (AvgIpc) is 3.29. The highest BCUT2D eigenvalue weighted by molar-refractivity contribution is 5.98. The van der Waals surface area contributed by atoms with Crippen LogP contribution in [0.15, 0.2) is 42.5 Å². The van der Waals surface area contributed by atoms with Gasteiger partial charge in [-0.25, -0.2) is 9.37 Å². The van der Waals surface area contributed by atoms with Gasteiger partial charge in [0.15, 0.2) is 5.82 Å². The summed E-state index contributed by atoms with van der Waals surface area (Å²) in [6, 6.07) is 12.6. The molecule has 0 unspecified atom stereocenters. The molecule has 0 radical (unpaired) electrons. The van der Waals surface area contributed by atoms with E-state index in [2.05, 4.69) is 4.57 Å². The minimum absolute atomic E-state index is 0.00222. The van der Waals surface area contributed by atoms with Crippen molar-refractivity contribution in [2.24, 2.45) is 12.8 Å². The lowest BCUT2D eigenvalue weighted by molar-refractivity contribution is 0.0709. The molecule has 1 aliphatic rings. The summed E-state index contributed by atoms with van der Waals surface area (Å²) >= 11 is 0. The summed E-state index contributed by atoms with van der Waals surface area (Å²) in [7, 11) is 1.97. The van der Waals surface area contributed by atoms with E-state index in [1.807, 2.05) is 47.7 Å². The van der Waals surface area contributed by atoms with Gasteiger partial charge in [-0.2, -0.15) is 0 Å². The number of aryl methyl sites for hydroxylation is 2. The predicted molar refractivity (Wildman–Crippen MR) is 120 cm³/mol. The number of imidazole rings is 1. The van der Waals surface area contributed by atoms with Crippen molar-refractivity contribution >= 4 is 27.8 Å². The van der Waals surface area contributed by atoms with Gasteiger partial charge in [0, 0.05) is 43.7 Å². The topological polar surface area (TPSA) is 69.1 Å².